The molecule has 0 saturated carbocycles. The molecular weight excluding hydrogens is 319 g/mol. The average Bonchev–Trinajstić information content (AvgIpc) is 3.05. The van der Waals surface area contributed by atoms with Gasteiger partial charge in [-0.3, -0.25) is 4.79 Å². The van der Waals surface area contributed by atoms with E-state index in [0.29, 0.717) is 29.3 Å². The summed E-state index contributed by atoms with van der Waals surface area (Å²) < 4.78 is 18.8. The molecule has 0 bridgehead atoms. The molecule has 0 aliphatic carbocycles. The lowest BCUT2D eigenvalue weighted by Gasteiger charge is -2.07. The van der Waals surface area contributed by atoms with E-state index in [-0.39, 0.29) is 18.1 Å². The number of carbonyl (C=O) groups is 1. The van der Waals surface area contributed by atoms with Crippen LogP contribution in [-0.4, -0.2) is 10.9 Å². The molecule has 128 valence electrons. The van der Waals surface area contributed by atoms with Crippen molar-refractivity contribution in [3.8, 4) is 11.3 Å². The van der Waals surface area contributed by atoms with Crippen molar-refractivity contribution in [3.63, 3.8) is 0 Å². The molecule has 1 aromatic heterocycles. The predicted octanol–water partition coefficient (Wildman–Crippen LogP) is 4.67. The number of halogens is 1. The van der Waals surface area contributed by atoms with Gasteiger partial charge in [-0.1, -0.05) is 29.8 Å². The SMILES string of the molecule is Cc1ccc(-c2cnc(CCC(=O)Nc3ccc(F)cc3C)o2)cc1. The number of hydrogen-bond acceptors (Lipinski definition) is 3. The second-order valence-corrected chi connectivity index (χ2v) is 5.99. The van der Waals surface area contributed by atoms with E-state index in [1.807, 2.05) is 31.2 Å². The van der Waals surface area contributed by atoms with Gasteiger partial charge in [-0.25, -0.2) is 9.37 Å². The summed E-state index contributed by atoms with van der Waals surface area (Å²) in [5.74, 6) is 0.718. The topological polar surface area (TPSA) is 55.1 Å². The van der Waals surface area contributed by atoms with E-state index in [2.05, 4.69) is 10.3 Å². The Hall–Kier alpha value is -2.95. The Morgan fingerprint density at radius 1 is 1.16 bits per heavy atom. The smallest absolute Gasteiger partial charge is 0.224 e. The van der Waals surface area contributed by atoms with Gasteiger partial charge in [0.15, 0.2) is 11.7 Å². The van der Waals surface area contributed by atoms with Crippen molar-refractivity contribution in [1.29, 1.82) is 0 Å². The number of anilines is 1. The zero-order chi connectivity index (χ0) is 17.8. The highest BCUT2D eigenvalue weighted by Gasteiger charge is 2.10. The first-order valence-electron chi connectivity index (χ1n) is 8.09. The molecule has 0 atom stereocenters. The third-order valence-electron chi connectivity index (χ3n) is 3.92. The van der Waals surface area contributed by atoms with Gasteiger partial charge >= 0.3 is 0 Å². The Labute approximate surface area is 145 Å². The average molecular weight is 338 g/mol. The molecule has 0 aliphatic rings. The summed E-state index contributed by atoms with van der Waals surface area (Å²) in [4.78, 5) is 16.3. The van der Waals surface area contributed by atoms with E-state index in [0.717, 1.165) is 5.56 Å². The van der Waals surface area contributed by atoms with Crippen molar-refractivity contribution in [2.75, 3.05) is 5.32 Å². The maximum Gasteiger partial charge on any atom is 0.224 e. The lowest BCUT2D eigenvalue weighted by atomic mass is 10.1. The van der Waals surface area contributed by atoms with Crippen LogP contribution >= 0.6 is 0 Å². The summed E-state index contributed by atoms with van der Waals surface area (Å²) in [7, 11) is 0. The molecule has 0 saturated heterocycles. The van der Waals surface area contributed by atoms with Crippen LogP contribution in [0.2, 0.25) is 0 Å². The van der Waals surface area contributed by atoms with E-state index in [1.165, 1.54) is 17.7 Å². The van der Waals surface area contributed by atoms with Crippen LogP contribution in [0.3, 0.4) is 0 Å². The number of amides is 1. The Morgan fingerprint density at radius 2 is 1.92 bits per heavy atom. The Bertz CT molecular complexity index is 885. The molecule has 1 heterocycles. The molecule has 1 amide bonds. The molecule has 2 aromatic carbocycles. The number of benzene rings is 2. The molecule has 3 rings (SSSR count). The summed E-state index contributed by atoms with van der Waals surface area (Å²) in [6.45, 7) is 3.78. The van der Waals surface area contributed by atoms with E-state index in [4.69, 9.17) is 4.42 Å². The van der Waals surface area contributed by atoms with Crippen molar-refractivity contribution in [2.24, 2.45) is 0 Å². The molecule has 0 unspecified atom stereocenters. The largest absolute Gasteiger partial charge is 0.441 e. The number of aromatic nitrogens is 1. The monoisotopic (exact) mass is 338 g/mol. The lowest BCUT2D eigenvalue weighted by molar-refractivity contribution is -0.116. The highest BCUT2D eigenvalue weighted by atomic mass is 19.1. The predicted molar refractivity (Wildman–Crippen MR) is 94.8 cm³/mol. The molecule has 0 radical (unpaired) electrons. The number of carbonyl (C=O) groups excluding carboxylic acids is 1. The molecule has 25 heavy (non-hydrogen) atoms. The van der Waals surface area contributed by atoms with E-state index < -0.39 is 0 Å². The molecule has 3 aromatic rings. The minimum atomic E-state index is -0.320. The van der Waals surface area contributed by atoms with Gasteiger partial charge in [0.1, 0.15) is 5.82 Å². The Kier molecular flexibility index (Phi) is 4.93. The first kappa shape index (κ1) is 16.9. The Morgan fingerprint density at radius 3 is 2.64 bits per heavy atom. The van der Waals surface area contributed by atoms with Crippen molar-refractivity contribution >= 4 is 11.6 Å². The molecular formula is C20H19FN2O2. The summed E-state index contributed by atoms with van der Waals surface area (Å²) in [6, 6.07) is 12.2. The summed E-state index contributed by atoms with van der Waals surface area (Å²) in [5.41, 5.74) is 3.43. The highest BCUT2D eigenvalue weighted by molar-refractivity contribution is 5.91. The fraction of sp³-hybridized carbons (Fsp3) is 0.200. The number of nitrogens with one attached hydrogen (secondary N) is 1. The molecule has 1 N–H and O–H groups in total. The van der Waals surface area contributed by atoms with Crippen LogP contribution in [0, 0.1) is 19.7 Å². The van der Waals surface area contributed by atoms with Gasteiger partial charge in [0.05, 0.1) is 6.20 Å². The molecule has 0 fully saturated rings. The Balaban J connectivity index is 1.58. The fourth-order valence-corrected chi connectivity index (χ4v) is 2.48. The molecule has 0 aliphatic heterocycles. The van der Waals surface area contributed by atoms with Crippen LogP contribution in [0.25, 0.3) is 11.3 Å². The summed E-state index contributed by atoms with van der Waals surface area (Å²) in [5, 5.41) is 2.78. The van der Waals surface area contributed by atoms with Crippen LogP contribution < -0.4 is 5.32 Å². The zero-order valence-electron chi connectivity index (χ0n) is 14.2. The second-order valence-electron chi connectivity index (χ2n) is 5.99. The normalized spacial score (nSPS) is 10.7. The minimum Gasteiger partial charge on any atom is -0.441 e. The van der Waals surface area contributed by atoms with Gasteiger partial charge < -0.3 is 9.73 Å². The third-order valence-corrected chi connectivity index (χ3v) is 3.92. The van der Waals surface area contributed by atoms with Gasteiger partial charge in [0.25, 0.3) is 0 Å². The quantitative estimate of drug-likeness (QED) is 0.735. The van der Waals surface area contributed by atoms with E-state index >= 15 is 0 Å². The van der Waals surface area contributed by atoms with Crippen LogP contribution in [0.4, 0.5) is 10.1 Å². The van der Waals surface area contributed by atoms with Gasteiger partial charge in [-0.2, -0.15) is 0 Å². The zero-order valence-corrected chi connectivity index (χ0v) is 14.2. The maximum absolute atomic E-state index is 13.1. The number of aryl methyl sites for hydroxylation is 3. The number of rotatable bonds is 5. The number of hydrogen-bond donors (Lipinski definition) is 1. The fourth-order valence-electron chi connectivity index (χ4n) is 2.48. The molecule has 0 spiro atoms. The maximum atomic E-state index is 13.1. The van der Waals surface area contributed by atoms with Crippen LogP contribution in [0.1, 0.15) is 23.4 Å². The van der Waals surface area contributed by atoms with Crippen molar-refractivity contribution in [2.45, 2.75) is 26.7 Å². The lowest BCUT2D eigenvalue weighted by Crippen LogP contribution is -2.13. The highest BCUT2D eigenvalue weighted by Crippen LogP contribution is 2.21. The molecule has 5 heteroatoms. The van der Waals surface area contributed by atoms with E-state index in [9.17, 15) is 9.18 Å². The minimum absolute atomic E-state index is 0.162. The van der Waals surface area contributed by atoms with Crippen LogP contribution in [0.15, 0.2) is 53.1 Å². The van der Waals surface area contributed by atoms with Gasteiger partial charge in [-0.15, -0.1) is 0 Å². The van der Waals surface area contributed by atoms with Gasteiger partial charge in [0, 0.05) is 24.1 Å². The van der Waals surface area contributed by atoms with Crippen molar-refractivity contribution in [3.05, 3.63) is 71.5 Å². The summed E-state index contributed by atoms with van der Waals surface area (Å²) >= 11 is 0. The van der Waals surface area contributed by atoms with Gasteiger partial charge in [0.2, 0.25) is 5.91 Å². The van der Waals surface area contributed by atoms with E-state index in [1.54, 1.807) is 19.2 Å². The van der Waals surface area contributed by atoms with Crippen molar-refractivity contribution < 1.29 is 13.6 Å². The number of oxazole rings is 1. The third kappa shape index (κ3) is 4.32. The number of nitrogens with zero attached hydrogens (tertiary/aromatic N) is 1. The van der Waals surface area contributed by atoms with Gasteiger partial charge in [-0.05, 0) is 37.6 Å². The second kappa shape index (κ2) is 7.30. The van der Waals surface area contributed by atoms with Crippen LogP contribution in [0.5, 0.6) is 0 Å². The summed E-state index contributed by atoms with van der Waals surface area (Å²) in [6.07, 6.45) is 2.31. The van der Waals surface area contributed by atoms with Crippen molar-refractivity contribution in [1.82, 2.24) is 4.98 Å². The van der Waals surface area contributed by atoms with Crippen LogP contribution in [-0.2, 0) is 11.2 Å². The first-order chi connectivity index (χ1) is 12.0. The first-order valence-corrected chi connectivity index (χ1v) is 8.09. The standard InChI is InChI=1S/C20H19FN2O2/c1-13-3-5-15(6-4-13)18-12-22-20(25-18)10-9-19(24)23-17-8-7-16(21)11-14(17)2/h3-8,11-12H,9-10H2,1-2H3,(H,23,24). The molecule has 4 nitrogen and oxygen atoms in total.